The lowest BCUT2D eigenvalue weighted by Gasteiger charge is -2.16. The maximum absolute atomic E-state index is 11.9. The van der Waals surface area contributed by atoms with Crippen LogP contribution < -0.4 is 15.4 Å². The fourth-order valence-electron chi connectivity index (χ4n) is 1.69. The molecule has 1 rings (SSSR count). The number of hydrogen-bond donors (Lipinski definition) is 2. The molecule has 2 amide bonds. The number of para-hydroxylation sites is 1. The summed E-state index contributed by atoms with van der Waals surface area (Å²) in [5, 5.41) is 5.09. The van der Waals surface area contributed by atoms with E-state index in [1.165, 1.54) is 7.11 Å². The van der Waals surface area contributed by atoms with Gasteiger partial charge in [-0.05, 0) is 13.0 Å². The number of carbonyl (C=O) groups excluding carboxylic acids is 1. The molecule has 0 saturated heterocycles. The molecule has 22 heavy (non-hydrogen) atoms. The first-order valence-electron chi connectivity index (χ1n) is 6.62. The third-order valence-corrected chi connectivity index (χ3v) is 2.64. The molecule has 8 heteroatoms. The maximum atomic E-state index is 11.9. The Morgan fingerprint density at radius 1 is 1.32 bits per heavy atom. The van der Waals surface area contributed by atoms with Crippen LogP contribution >= 0.6 is 0 Å². The van der Waals surface area contributed by atoms with Gasteiger partial charge in [0.1, 0.15) is 12.4 Å². The molecule has 0 heterocycles. The summed E-state index contributed by atoms with van der Waals surface area (Å²) in [7, 11) is 1.53. The maximum Gasteiger partial charge on any atom is 0.411 e. The Labute approximate surface area is 126 Å². The minimum Gasteiger partial charge on any atom is -0.496 e. The molecular weight excluding hydrogens is 301 g/mol. The number of nitrogens with one attached hydrogen (secondary N) is 2. The Balaban J connectivity index is 2.31. The van der Waals surface area contributed by atoms with Gasteiger partial charge in [0.15, 0.2) is 0 Å². The molecule has 0 radical (unpaired) electrons. The van der Waals surface area contributed by atoms with Crippen LogP contribution in [0, 0.1) is 0 Å². The number of hydrogen-bond acceptors (Lipinski definition) is 3. The van der Waals surface area contributed by atoms with Crippen molar-refractivity contribution in [2.75, 3.05) is 20.3 Å². The molecule has 1 aromatic carbocycles. The molecule has 0 aliphatic carbocycles. The van der Waals surface area contributed by atoms with Gasteiger partial charge >= 0.3 is 12.2 Å². The number of ether oxygens (including phenoxy) is 2. The standard InChI is InChI=1S/C14H19F3N2O3/c1-10(8-22-9-14(15,16)17)19-13(20)18-7-11-5-3-4-6-12(11)21-2/h3-6,10H,7-9H2,1-2H3,(H2,18,19,20). The van der Waals surface area contributed by atoms with E-state index in [2.05, 4.69) is 15.4 Å². The Morgan fingerprint density at radius 3 is 2.64 bits per heavy atom. The molecule has 124 valence electrons. The van der Waals surface area contributed by atoms with E-state index in [0.717, 1.165) is 5.56 Å². The van der Waals surface area contributed by atoms with Crippen LogP contribution in [0.3, 0.4) is 0 Å². The second-order valence-corrected chi connectivity index (χ2v) is 4.67. The predicted molar refractivity (Wildman–Crippen MR) is 74.7 cm³/mol. The van der Waals surface area contributed by atoms with E-state index >= 15 is 0 Å². The number of rotatable bonds is 7. The summed E-state index contributed by atoms with van der Waals surface area (Å²) in [4.78, 5) is 11.6. The lowest BCUT2D eigenvalue weighted by Crippen LogP contribution is -2.42. The molecule has 0 aliphatic heterocycles. The van der Waals surface area contributed by atoms with Crippen LogP contribution in [-0.4, -0.2) is 38.6 Å². The average molecular weight is 320 g/mol. The molecule has 0 aliphatic rings. The van der Waals surface area contributed by atoms with Crippen molar-refractivity contribution in [1.29, 1.82) is 0 Å². The molecule has 1 unspecified atom stereocenters. The fraction of sp³-hybridized carbons (Fsp3) is 0.500. The van der Waals surface area contributed by atoms with E-state index < -0.39 is 24.9 Å². The number of alkyl halides is 3. The topological polar surface area (TPSA) is 59.6 Å². The van der Waals surface area contributed by atoms with E-state index in [-0.39, 0.29) is 13.2 Å². The van der Waals surface area contributed by atoms with Crippen LogP contribution in [0.1, 0.15) is 12.5 Å². The summed E-state index contributed by atoms with van der Waals surface area (Å²) in [6, 6.07) is 6.15. The van der Waals surface area contributed by atoms with Gasteiger partial charge in [-0.25, -0.2) is 4.79 Å². The zero-order valence-corrected chi connectivity index (χ0v) is 12.4. The van der Waals surface area contributed by atoms with Crippen LogP contribution in [0.4, 0.5) is 18.0 Å². The van der Waals surface area contributed by atoms with E-state index in [1.807, 2.05) is 12.1 Å². The number of amides is 2. The number of carbonyl (C=O) groups is 1. The van der Waals surface area contributed by atoms with Crippen molar-refractivity contribution >= 4 is 6.03 Å². The minimum absolute atomic E-state index is 0.221. The molecule has 2 N–H and O–H groups in total. The van der Waals surface area contributed by atoms with Crippen LogP contribution in [-0.2, 0) is 11.3 Å². The predicted octanol–water partition coefficient (Wildman–Crippen LogP) is 2.46. The lowest BCUT2D eigenvalue weighted by atomic mass is 10.2. The van der Waals surface area contributed by atoms with E-state index in [0.29, 0.717) is 5.75 Å². The second-order valence-electron chi connectivity index (χ2n) is 4.67. The van der Waals surface area contributed by atoms with Crippen molar-refractivity contribution in [3.8, 4) is 5.75 Å². The van der Waals surface area contributed by atoms with Crippen LogP contribution in [0.5, 0.6) is 5.75 Å². The van der Waals surface area contributed by atoms with Gasteiger partial charge in [0, 0.05) is 12.1 Å². The summed E-state index contributed by atoms with van der Waals surface area (Å²) in [5.74, 6) is 0.643. The van der Waals surface area contributed by atoms with Crippen LogP contribution in [0.25, 0.3) is 0 Å². The van der Waals surface area contributed by atoms with Gasteiger partial charge < -0.3 is 20.1 Å². The SMILES string of the molecule is COc1ccccc1CNC(=O)NC(C)COCC(F)(F)F. The summed E-state index contributed by atoms with van der Waals surface area (Å²) in [6.07, 6.45) is -4.37. The van der Waals surface area contributed by atoms with Crippen LogP contribution in [0.2, 0.25) is 0 Å². The van der Waals surface area contributed by atoms with Gasteiger partial charge in [-0.15, -0.1) is 0 Å². The second kappa shape index (κ2) is 8.47. The number of methoxy groups -OCH3 is 1. The highest BCUT2D eigenvalue weighted by Gasteiger charge is 2.27. The molecule has 0 spiro atoms. The molecule has 0 saturated carbocycles. The number of urea groups is 1. The average Bonchev–Trinajstić information content (AvgIpc) is 2.44. The first-order chi connectivity index (χ1) is 10.3. The first kappa shape index (κ1) is 18.1. The third kappa shape index (κ3) is 7.16. The minimum atomic E-state index is -4.37. The summed E-state index contributed by atoms with van der Waals surface area (Å²) in [6.45, 7) is 0.245. The van der Waals surface area contributed by atoms with E-state index in [4.69, 9.17) is 4.74 Å². The first-order valence-corrected chi connectivity index (χ1v) is 6.62. The van der Waals surface area contributed by atoms with Gasteiger partial charge in [0.25, 0.3) is 0 Å². The summed E-state index contributed by atoms with van der Waals surface area (Å²) in [5.41, 5.74) is 0.793. The normalized spacial score (nSPS) is 12.6. The quantitative estimate of drug-likeness (QED) is 0.811. The van der Waals surface area contributed by atoms with Crippen molar-refractivity contribution in [2.24, 2.45) is 0 Å². The molecule has 5 nitrogen and oxygen atoms in total. The Hall–Kier alpha value is -1.96. The van der Waals surface area contributed by atoms with Gasteiger partial charge in [0.2, 0.25) is 0 Å². The van der Waals surface area contributed by atoms with Crippen molar-refractivity contribution < 1.29 is 27.4 Å². The summed E-state index contributed by atoms with van der Waals surface area (Å²) < 4.78 is 45.4. The monoisotopic (exact) mass is 320 g/mol. The summed E-state index contributed by atoms with van der Waals surface area (Å²) >= 11 is 0. The Bertz CT molecular complexity index is 481. The highest BCUT2D eigenvalue weighted by molar-refractivity contribution is 5.74. The third-order valence-electron chi connectivity index (χ3n) is 2.64. The van der Waals surface area contributed by atoms with E-state index in [1.54, 1.807) is 19.1 Å². The van der Waals surface area contributed by atoms with Crippen molar-refractivity contribution in [2.45, 2.75) is 25.7 Å². The van der Waals surface area contributed by atoms with Crippen molar-refractivity contribution in [3.05, 3.63) is 29.8 Å². The van der Waals surface area contributed by atoms with E-state index in [9.17, 15) is 18.0 Å². The van der Waals surface area contributed by atoms with Gasteiger partial charge in [-0.1, -0.05) is 18.2 Å². The molecule has 0 bridgehead atoms. The number of halogens is 3. The molecular formula is C14H19F3N2O3. The van der Waals surface area contributed by atoms with Crippen molar-refractivity contribution in [3.63, 3.8) is 0 Å². The van der Waals surface area contributed by atoms with Gasteiger partial charge in [-0.2, -0.15) is 13.2 Å². The zero-order valence-electron chi connectivity index (χ0n) is 12.4. The Morgan fingerprint density at radius 2 is 2.00 bits per heavy atom. The van der Waals surface area contributed by atoms with Gasteiger partial charge in [0.05, 0.1) is 19.8 Å². The lowest BCUT2D eigenvalue weighted by molar-refractivity contribution is -0.174. The Kier molecular flexibility index (Phi) is 6.97. The smallest absolute Gasteiger partial charge is 0.411 e. The molecule has 1 aromatic rings. The van der Waals surface area contributed by atoms with Crippen LogP contribution in [0.15, 0.2) is 24.3 Å². The largest absolute Gasteiger partial charge is 0.496 e. The van der Waals surface area contributed by atoms with Crippen molar-refractivity contribution in [1.82, 2.24) is 10.6 Å². The van der Waals surface area contributed by atoms with Gasteiger partial charge in [-0.3, -0.25) is 0 Å². The molecule has 0 fully saturated rings. The fourth-order valence-corrected chi connectivity index (χ4v) is 1.69. The molecule has 0 aromatic heterocycles. The zero-order chi connectivity index (χ0) is 16.6. The number of benzene rings is 1. The molecule has 1 atom stereocenters. The highest BCUT2D eigenvalue weighted by Crippen LogP contribution is 2.16. The highest BCUT2D eigenvalue weighted by atomic mass is 19.4.